The fraction of sp³-hybridized carbons (Fsp3) is 0.630. The van der Waals surface area contributed by atoms with Gasteiger partial charge < -0.3 is 19.3 Å². The molecule has 12 heteroatoms. The second-order valence-electron chi connectivity index (χ2n) is 20.2. The van der Waals surface area contributed by atoms with Gasteiger partial charge in [0.05, 0.1) is 12.1 Å². The highest BCUT2D eigenvalue weighted by molar-refractivity contribution is 6.91. The molecule has 0 N–H and O–H groups in total. The second-order valence-corrected chi connectivity index (χ2v) is 32.3. The number of benzene rings is 2. The smallest absolute Gasteiger partial charge is 0.250 e. The van der Waals surface area contributed by atoms with Crippen molar-refractivity contribution in [1.82, 2.24) is 9.80 Å². The lowest BCUT2D eigenvalue weighted by molar-refractivity contribution is -0.161. The van der Waals surface area contributed by atoms with E-state index in [2.05, 4.69) is 106 Å². The highest BCUT2D eigenvalue weighted by atomic mass is 35.5. The van der Waals surface area contributed by atoms with Crippen LogP contribution in [0.1, 0.15) is 160 Å². The van der Waals surface area contributed by atoms with Crippen LogP contribution in [0.2, 0.25) is 43.3 Å². The summed E-state index contributed by atoms with van der Waals surface area (Å²) >= 11 is 12.3. The first kappa shape index (κ1) is 57.1. The van der Waals surface area contributed by atoms with E-state index in [-0.39, 0.29) is 36.6 Å². The predicted octanol–water partition coefficient (Wildman–Crippen LogP) is 13.2. The number of halogens is 2. The first-order valence-corrected chi connectivity index (χ1v) is 29.6. The van der Waals surface area contributed by atoms with Gasteiger partial charge in [0.15, 0.2) is 11.6 Å². The molecule has 0 saturated carbocycles. The number of amides is 2. The van der Waals surface area contributed by atoms with Gasteiger partial charge in [0.2, 0.25) is 11.8 Å². The number of nitrogens with zero attached hydrogens (tertiary/aromatic N) is 2. The maximum Gasteiger partial charge on any atom is 0.250 e. The normalized spacial score (nSPS) is 20.2. The Kier molecular flexibility index (Phi) is 22.0. The fourth-order valence-electron chi connectivity index (χ4n) is 11.0. The van der Waals surface area contributed by atoms with E-state index in [1.54, 1.807) is 23.6 Å². The van der Waals surface area contributed by atoms with Crippen LogP contribution in [0.3, 0.4) is 0 Å². The van der Waals surface area contributed by atoms with Crippen LogP contribution in [0.4, 0.5) is 0 Å². The van der Waals surface area contributed by atoms with Gasteiger partial charge in [-0.25, -0.2) is 0 Å². The molecular formula is C54H80Cl2N2O6Si2. The van der Waals surface area contributed by atoms with Gasteiger partial charge in [0.1, 0.15) is 53.7 Å². The summed E-state index contributed by atoms with van der Waals surface area (Å²) < 4.78 is 12.2. The fourth-order valence-corrected chi connectivity index (χ4v) is 21.8. The molecule has 2 aliphatic rings. The van der Waals surface area contributed by atoms with Crippen LogP contribution in [-0.2, 0) is 28.7 Å². The van der Waals surface area contributed by atoms with Crippen molar-refractivity contribution in [2.45, 2.75) is 206 Å². The Balaban J connectivity index is 0.000000350. The van der Waals surface area contributed by atoms with Gasteiger partial charge in [-0.15, -0.1) is 11.1 Å². The van der Waals surface area contributed by atoms with Crippen molar-refractivity contribution in [3.05, 3.63) is 69.7 Å². The highest BCUT2D eigenvalue weighted by Crippen LogP contribution is 2.43. The average Bonchev–Trinajstić information content (AvgIpc) is 3.23. The van der Waals surface area contributed by atoms with E-state index >= 15 is 0 Å². The van der Waals surface area contributed by atoms with Gasteiger partial charge in [-0.1, -0.05) is 169 Å². The summed E-state index contributed by atoms with van der Waals surface area (Å²) in [6.07, 6.45) is 2.00. The Morgan fingerprint density at radius 3 is 1.06 bits per heavy atom. The Morgan fingerprint density at radius 1 is 0.561 bits per heavy atom. The summed E-state index contributed by atoms with van der Waals surface area (Å²) in [4.78, 5) is 55.0. The molecule has 6 atom stereocenters. The molecule has 2 heterocycles. The number of ether oxygens (including phenoxy) is 2. The average molecular weight is 980 g/mol. The van der Waals surface area contributed by atoms with Gasteiger partial charge in [-0.2, -0.15) is 0 Å². The minimum atomic E-state index is -2.04. The molecule has 66 heavy (non-hydrogen) atoms. The van der Waals surface area contributed by atoms with Gasteiger partial charge in [0.25, 0.3) is 0 Å². The van der Waals surface area contributed by atoms with E-state index in [4.69, 9.17) is 32.7 Å². The summed E-state index contributed by atoms with van der Waals surface area (Å²) in [5.74, 6) is 6.75. The van der Waals surface area contributed by atoms with E-state index < -0.39 is 52.5 Å². The number of hydrogen-bond donors (Lipinski definition) is 0. The predicted molar refractivity (Wildman–Crippen MR) is 278 cm³/mol. The lowest BCUT2D eigenvalue weighted by Crippen LogP contribution is -2.57. The molecule has 2 fully saturated rings. The van der Waals surface area contributed by atoms with Crippen molar-refractivity contribution < 1.29 is 28.7 Å². The summed E-state index contributed by atoms with van der Waals surface area (Å²) in [5.41, 5.74) is 12.2. The third-order valence-electron chi connectivity index (χ3n) is 14.3. The van der Waals surface area contributed by atoms with Crippen molar-refractivity contribution in [3.8, 4) is 22.9 Å². The lowest BCUT2D eigenvalue weighted by atomic mass is 9.95. The van der Waals surface area contributed by atoms with Crippen LogP contribution in [-0.4, -0.2) is 86.7 Å². The van der Waals surface area contributed by atoms with Crippen LogP contribution in [0, 0.1) is 22.9 Å². The van der Waals surface area contributed by atoms with Crippen molar-refractivity contribution in [3.63, 3.8) is 0 Å². The third kappa shape index (κ3) is 13.1. The second kappa shape index (κ2) is 25.4. The molecule has 2 amide bonds. The number of hydrogen-bond acceptors (Lipinski definition) is 6. The molecule has 4 rings (SSSR count). The van der Waals surface area contributed by atoms with Gasteiger partial charge >= 0.3 is 0 Å². The first-order valence-electron chi connectivity index (χ1n) is 24.4. The number of morpholine rings is 2. The minimum absolute atomic E-state index is 0.00570. The molecule has 0 spiro atoms. The molecule has 0 bridgehead atoms. The van der Waals surface area contributed by atoms with Gasteiger partial charge in [-0.3, -0.25) is 19.2 Å². The van der Waals surface area contributed by atoms with Gasteiger partial charge in [-0.05, 0) is 95.3 Å². The Morgan fingerprint density at radius 2 is 0.833 bits per heavy atom. The highest BCUT2D eigenvalue weighted by Gasteiger charge is 2.47. The standard InChI is InChI=1S/2C27H40ClNO3Si/c2*1-9-10-24(21(8)30)29-25(15-16-33(18(2)3,19(4)5)20(6)7)27(32-17-26(29)31)22-11-13-23(28)14-12-22/h2*11-14,18-20,24-25,27H,9-10,17H2,1-8H3/t2*24-,25-,27+/m10/s1. The number of Topliss-reactive ketones (excluding diaryl/α,β-unsaturated/α-hetero) is 2. The summed E-state index contributed by atoms with van der Waals surface area (Å²) in [7, 11) is -4.09. The largest absolute Gasteiger partial charge is 0.360 e. The molecular weight excluding hydrogens is 900 g/mol. The number of carbonyl (C=O) groups excluding carboxylic acids is 4. The zero-order valence-corrected chi connectivity index (χ0v) is 46.4. The summed E-state index contributed by atoms with van der Waals surface area (Å²) in [5, 5.41) is 1.28. The maximum atomic E-state index is 13.2. The monoisotopic (exact) mass is 978 g/mol. The molecule has 2 aliphatic heterocycles. The number of rotatable bonds is 16. The Bertz CT molecular complexity index is 1870. The number of carbonyl (C=O) groups is 4. The molecule has 0 aromatic heterocycles. The van der Waals surface area contributed by atoms with Crippen LogP contribution in [0.15, 0.2) is 48.5 Å². The molecule has 0 radical (unpaired) electrons. The van der Waals surface area contributed by atoms with Gasteiger partial charge in [0, 0.05) is 10.0 Å². The molecule has 2 aromatic rings. The van der Waals surface area contributed by atoms with E-state index in [1.165, 1.54) is 0 Å². The lowest BCUT2D eigenvalue weighted by Gasteiger charge is -2.43. The Hall–Kier alpha value is -3.23. The molecule has 2 saturated heterocycles. The van der Waals surface area contributed by atoms with Crippen LogP contribution in [0.5, 0.6) is 0 Å². The van der Waals surface area contributed by atoms with Crippen LogP contribution >= 0.6 is 23.2 Å². The Labute approximate surface area is 411 Å². The summed E-state index contributed by atoms with van der Waals surface area (Å²) in [6.45, 7) is 34.4. The molecule has 8 nitrogen and oxygen atoms in total. The SMILES string of the molecule is CCC[C@@H](C(C)=O)N1C(=O)CO[C@H](c2ccc(Cl)cc2)[C@@H]1C#C[Si](C(C)C)(C(C)C)C(C)C.CCC[C@H](C(C)=O)N1C(=O)CO[C@@H](c2ccc(Cl)cc2)[C@H]1C#C[Si](C(C)C)(C(C)C)C(C)C. The van der Waals surface area contributed by atoms with E-state index in [1.807, 2.05) is 62.4 Å². The zero-order chi connectivity index (χ0) is 49.8. The van der Waals surface area contributed by atoms with E-state index in [9.17, 15) is 19.2 Å². The van der Waals surface area contributed by atoms with Crippen LogP contribution in [0.25, 0.3) is 0 Å². The zero-order valence-electron chi connectivity index (χ0n) is 42.9. The third-order valence-corrected chi connectivity index (χ3v) is 27.4. The van der Waals surface area contributed by atoms with Crippen molar-refractivity contribution in [1.29, 1.82) is 0 Å². The van der Waals surface area contributed by atoms with Crippen molar-refractivity contribution >= 4 is 62.7 Å². The van der Waals surface area contributed by atoms with Crippen LogP contribution < -0.4 is 0 Å². The molecule has 2 aromatic carbocycles. The molecule has 364 valence electrons. The minimum Gasteiger partial charge on any atom is -0.360 e. The van der Waals surface area contributed by atoms with Crippen molar-refractivity contribution in [2.75, 3.05) is 13.2 Å². The summed E-state index contributed by atoms with van der Waals surface area (Å²) in [6, 6.07) is 13.0. The number of ketones is 2. The van der Waals surface area contributed by atoms with E-state index in [0.717, 1.165) is 24.0 Å². The quantitative estimate of drug-likeness (QED) is 0.123. The molecule has 0 aliphatic carbocycles. The maximum absolute atomic E-state index is 13.2. The first-order chi connectivity index (χ1) is 30.9. The van der Waals surface area contributed by atoms with E-state index in [0.29, 0.717) is 56.1 Å². The molecule has 0 unspecified atom stereocenters. The topological polar surface area (TPSA) is 93.2 Å². The van der Waals surface area contributed by atoms with Crippen molar-refractivity contribution in [2.24, 2.45) is 0 Å².